The fourth-order valence-electron chi connectivity index (χ4n) is 2.99. The third kappa shape index (κ3) is 3.32. The highest BCUT2D eigenvalue weighted by molar-refractivity contribution is 5.95. The predicted molar refractivity (Wildman–Crippen MR) is 99.2 cm³/mol. The number of primary amides is 1. The third-order valence-corrected chi connectivity index (χ3v) is 4.62. The lowest BCUT2D eigenvalue weighted by atomic mass is 9.97. The van der Waals surface area contributed by atoms with E-state index in [2.05, 4.69) is 11.8 Å². The highest BCUT2D eigenvalue weighted by Crippen LogP contribution is 2.24. The number of amides is 2. The molecule has 0 bridgehead atoms. The molecule has 1 aliphatic rings. The summed E-state index contributed by atoms with van der Waals surface area (Å²) in [7, 11) is 1.65. The van der Waals surface area contributed by atoms with Crippen molar-refractivity contribution in [3.8, 4) is 23.0 Å². The van der Waals surface area contributed by atoms with Gasteiger partial charge in [0.05, 0.1) is 0 Å². The summed E-state index contributed by atoms with van der Waals surface area (Å²) in [6.07, 6.45) is 0.301. The van der Waals surface area contributed by atoms with Crippen molar-refractivity contribution in [1.82, 2.24) is 4.90 Å². The third-order valence-electron chi connectivity index (χ3n) is 4.62. The van der Waals surface area contributed by atoms with Gasteiger partial charge < -0.3 is 15.7 Å². The van der Waals surface area contributed by atoms with Crippen LogP contribution in [-0.2, 0) is 4.79 Å². The van der Waals surface area contributed by atoms with Crippen LogP contribution in [0.25, 0.3) is 11.1 Å². The molecule has 0 saturated carbocycles. The first-order valence-electron chi connectivity index (χ1n) is 8.32. The molecule has 132 valence electrons. The smallest absolute Gasteiger partial charge is 0.267 e. The van der Waals surface area contributed by atoms with Crippen LogP contribution in [0.2, 0.25) is 0 Å². The first-order chi connectivity index (χ1) is 12.3. The number of aryl methyl sites for hydroxylation is 1. The van der Waals surface area contributed by atoms with E-state index in [-0.39, 0.29) is 5.91 Å². The molecule has 2 aromatic rings. The van der Waals surface area contributed by atoms with Crippen LogP contribution in [0.1, 0.15) is 27.9 Å². The lowest BCUT2D eigenvalue weighted by Gasteiger charge is -2.13. The van der Waals surface area contributed by atoms with E-state index in [1.165, 1.54) is 4.90 Å². The Hall–Kier alpha value is -3.10. The van der Waals surface area contributed by atoms with E-state index < -0.39 is 11.5 Å². The van der Waals surface area contributed by atoms with Crippen LogP contribution in [0.3, 0.4) is 0 Å². The number of likely N-dealkylation sites (tertiary alicyclic amines) is 1. The van der Waals surface area contributed by atoms with E-state index >= 15 is 0 Å². The van der Waals surface area contributed by atoms with Crippen molar-refractivity contribution >= 4 is 11.8 Å². The Labute approximate surface area is 152 Å². The number of nitrogens with two attached hydrogens (primary N) is 1. The molecule has 1 heterocycles. The summed E-state index contributed by atoms with van der Waals surface area (Å²) >= 11 is 0. The van der Waals surface area contributed by atoms with Crippen LogP contribution >= 0.6 is 0 Å². The van der Waals surface area contributed by atoms with Gasteiger partial charge >= 0.3 is 0 Å². The van der Waals surface area contributed by atoms with E-state index in [0.29, 0.717) is 24.1 Å². The minimum Gasteiger partial charge on any atom is -0.369 e. The SMILES string of the molecule is Cc1ccc(-c2cccc(C#C[C@]3(O)CCN(C)C3=O)c2)cc1C(N)=O. The maximum atomic E-state index is 12.0. The number of likely N-dealkylation sites (N-methyl/N-ethyl adjacent to an activating group) is 1. The van der Waals surface area contributed by atoms with Gasteiger partial charge in [-0.25, -0.2) is 0 Å². The summed E-state index contributed by atoms with van der Waals surface area (Å²) in [4.78, 5) is 25.0. The molecule has 2 aromatic carbocycles. The number of rotatable bonds is 2. The largest absolute Gasteiger partial charge is 0.369 e. The molecule has 1 atom stereocenters. The van der Waals surface area contributed by atoms with Gasteiger partial charge in [-0.2, -0.15) is 0 Å². The van der Waals surface area contributed by atoms with Crippen molar-refractivity contribution in [3.63, 3.8) is 0 Å². The molecule has 0 unspecified atom stereocenters. The second-order valence-electron chi connectivity index (χ2n) is 6.56. The zero-order valence-electron chi connectivity index (χ0n) is 14.7. The number of hydrogen-bond acceptors (Lipinski definition) is 3. The summed E-state index contributed by atoms with van der Waals surface area (Å²) in [5.41, 5.74) is 7.51. The predicted octanol–water partition coefficient (Wildman–Crippen LogP) is 1.71. The van der Waals surface area contributed by atoms with Gasteiger partial charge in [-0.05, 0) is 41.8 Å². The van der Waals surface area contributed by atoms with Crippen LogP contribution in [-0.4, -0.2) is 41.0 Å². The van der Waals surface area contributed by atoms with E-state index in [9.17, 15) is 14.7 Å². The number of carbonyl (C=O) groups is 2. The molecule has 1 fully saturated rings. The van der Waals surface area contributed by atoms with Gasteiger partial charge in [0, 0.05) is 31.1 Å². The zero-order chi connectivity index (χ0) is 18.9. The fourth-order valence-corrected chi connectivity index (χ4v) is 2.99. The maximum Gasteiger partial charge on any atom is 0.267 e. The molecule has 0 spiro atoms. The van der Waals surface area contributed by atoms with Crippen molar-refractivity contribution in [1.29, 1.82) is 0 Å². The van der Waals surface area contributed by atoms with Crippen molar-refractivity contribution in [2.45, 2.75) is 18.9 Å². The molecular formula is C21H20N2O3. The Morgan fingerprint density at radius 3 is 2.62 bits per heavy atom. The normalized spacial score (nSPS) is 19.2. The van der Waals surface area contributed by atoms with E-state index in [1.54, 1.807) is 13.1 Å². The lowest BCUT2D eigenvalue weighted by Crippen LogP contribution is -2.37. The lowest BCUT2D eigenvalue weighted by molar-refractivity contribution is -0.137. The van der Waals surface area contributed by atoms with Gasteiger partial charge in [-0.1, -0.05) is 36.1 Å². The van der Waals surface area contributed by atoms with Crippen LogP contribution in [0.4, 0.5) is 0 Å². The first kappa shape index (κ1) is 17.7. The van der Waals surface area contributed by atoms with Crippen molar-refractivity contribution in [3.05, 3.63) is 59.2 Å². The Morgan fingerprint density at radius 1 is 1.23 bits per heavy atom. The Bertz CT molecular complexity index is 955. The van der Waals surface area contributed by atoms with Crippen LogP contribution in [0, 0.1) is 18.8 Å². The molecule has 3 rings (SSSR count). The minimum absolute atomic E-state index is 0.301. The molecule has 1 aliphatic heterocycles. The van der Waals surface area contributed by atoms with Gasteiger partial charge in [0.15, 0.2) is 0 Å². The molecular weight excluding hydrogens is 328 g/mol. The topological polar surface area (TPSA) is 83.6 Å². The monoisotopic (exact) mass is 348 g/mol. The summed E-state index contributed by atoms with van der Waals surface area (Å²) in [5.74, 6) is 4.77. The molecule has 0 radical (unpaired) electrons. The highest BCUT2D eigenvalue weighted by Gasteiger charge is 2.42. The van der Waals surface area contributed by atoms with Gasteiger partial charge in [0.1, 0.15) is 0 Å². The van der Waals surface area contributed by atoms with Crippen LogP contribution < -0.4 is 5.73 Å². The Balaban J connectivity index is 1.93. The molecule has 2 amide bonds. The molecule has 0 aromatic heterocycles. The molecule has 1 saturated heterocycles. The molecule has 5 nitrogen and oxygen atoms in total. The van der Waals surface area contributed by atoms with Gasteiger partial charge in [-0.15, -0.1) is 0 Å². The highest BCUT2D eigenvalue weighted by atomic mass is 16.3. The first-order valence-corrected chi connectivity index (χ1v) is 8.32. The standard InChI is InChI=1S/C21H20N2O3/c1-14-6-7-17(13-18(14)19(22)24)16-5-3-4-15(12-16)8-9-21(26)10-11-23(2)20(21)25/h3-7,12-13,26H,10-11H2,1-2H3,(H2,22,24)/t21-/m0/s1. The van der Waals surface area contributed by atoms with Crippen molar-refractivity contribution in [2.75, 3.05) is 13.6 Å². The van der Waals surface area contributed by atoms with Crippen LogP contribution in [0.15, 0.2) is 42.5 Å². The zero-order valence-corrected chi connectivity index (χ0v) is 14.7. The minimum atomic E-state index is -1.62. The summed E-state index contributed by atoms with van der Waals surface area (Å²) in [6, 6.07) is 12.9. The van der Waals surface area contributed by atoms with Crippen molar-refractivity contribution < 1.29 is 14.7 Å². The quantitative estimate of drug-likeness (QED) is 0.811. The van der Waals surface area contributed by atoms with Crippen molar-refractivity contribution in [2.24, 2.45) is 5.73 Å². The van der Waals surface area contributed by atoms with E-state index in [1.807, 2.05) is 43.3 Å². The number of nitrogens with zero attached hydrogens (tertiary/aromatic N) is 1. The summed E-state index contributed by atoms with van der Waals surface area (Å²) < 4.78 is 0. The van der Waals surface area contributed by atoms with Crippen LogP contribution in [0.5, 0.6) is 0 Å². The van der Waals surface area contributed by atoms with E-state index in [0.717, 1.165) is 16.7 Å². The summed E-state index contributed by atoms with van der Waals surface area (Å²) in [5, 5.41) is 10.4. The molecule has 26 heavy (non-hydrogen) atoms. The second kappa shape index (κ2) is 6.66. The second-order valence-corrected chi connectivity index (χ2v) is 6.56. The molecule has 5 heteroatoms. The number of hydrogen-bond donors (Lipinski definition) is 2. The number of benzene rings is 2. The fraction of sp³-hybridized carbons (Fsp3) is 0.238. The molecule has 0 aliphatic carbocycles. The maximum absolute atomic E-state index is 12.0. The Kier molecular flexibility index (Phi) is 4.54. The number of carbonyl (C=O) groups excluding carboxylic acids is 2. The van der Waals surface area contributed by atoms with E-state index in [4.69, 9.17) is 5.73 Å². The van der Waals surface area contributed by atoms with Gasteiger partial charge in [0.25, 0.3) is 5.91 Å². The summed E-state index contributed by atoms with van der Waals surface area (Å²) in [6.45, 7) is 2.32. The average molecular weight is 348 g/mol. The van der Waals surface area contributed by atoms with Gasteiger partial charge in [0.2, 0.25) is 11.5 Å². The molecule has 3 N–H and O–H groups in total. The Morgan fingerprint density at radius 2 is 1.96 bits per heavy atom. The average Bonchev–Trinajstić information content (AvgIpc) is 2.88. The number of aliphatic hydroxyl groups is 1. The van der Waals surface area contributed by atoms with Gasteiger partial charge in [-0.3, -0.25) is 9.59 Å².